The standard InChI is InChI=1S/C19H24Cl2N4O/c1-23-8-10-25(11-9-23)18(17-4-3-7-24(17)2)13-22-19(26)14-5-6-15(20)16(21)12-14/h3-7,12,18H,8-11,13H2,1-2H3,(H,22,26)/t18-/m1/s1. The average molecular weight is 395 g/mol. The van der Waals surface area contributed by atoms with E-state index in [1.807, 2.05) is 19.3 Å². The van der Waals surface area contributed by atoms with Crippen LogP contribution in [-0.2, 0) is 7.05 Å². The third-order valence-corrected chi connectivity index (χ3v) is 5.68. The van der Waals surface area contributed by atoms with Crippen molar-refractivity contribution in [2.24, 2.45) is 7.05 Å². The SMILES string of the molecule is CN1CCN([C@H](CNC(=O)c2ccc(Cl)c(Cl)c2)c2cccn2C)CC1. The first-order valence-corrected chi connectivity index (χ1v) is 9.48. The number of nitrogens with one attached hydrogen (secondary N) is 1. The van der Waals surface area contributed by atoms with E-state index in [4.69, 9.17) is 23.2 Å². The van der Waals surface area contributed by atoms with E-state index in [0.717, 1.165) is 26.2 Å². The Hall–Kier alpha value is -1.53. The zero-order valence-corrected chi connectivity index (χ0v) is 16.6. The maximum absolute atomic E-state index is 12.6. The Morgan fingerprint density at radius 2 is 1.85 bits per heavy atom. The summed E-state index contributed by atoms with van der Waals surface area (Å²) in [5.74, 6) is -0.142. The summed E-state index contributed by atoms with van der Waals surface area (Å²) in [6, 6.07) is 9.24. The lowest BCUT2D eigenvalue weighted by atomic mass is 10.1. The van der Waals surface area contributed by atoms with Gasteiger partial charge in [0.1, 0.15) is 0 Å². The summed E-state index contributed by atoms with van der Waals surface area (Å²) in [7, 11) is 4.18. The van der Waals surface area contributed by atoms with Crippen molar-refractivity contribution >= 4 is 29.1 Å². The van der Waals surface area contributed by atoms with Crippen LogP contribution < -0.4 is 5.32 Å². The highest BCUT2D eigenvalue weighted by atomic mass is 35.5. The van der Waals surface area contributed by atoms with Crippen LogP contribution in [0.5, 0.6) is 0 Å². The molecule has 2 heterocycles. The number of likely N-dealkylation sites (N-methyl/N-ethyl adjacent to an activating group) is 1. The number of halogens is 2. The second-order valence-electron chi connectivity index (χ2n) is 6.74. The van der Waals surface area contributed by atoms with Gasteiger partial charge < -0.3 is 14.8 Å². The van der Waals surface area contributed by atoms with Gasteiger partial charge >= 0.3 is 0 Å². The number of hydrogen-bond donors (Lipinski definition) is 1. The molecule has 1 N–H and O–H groups in total. The Kier molecular flexibility index (Phi) is 6.24. The van der Waals surface area contributed by atoms with E-state index < -0.39 is 0 Å². The fraction of sp³-hybridized carbons (Fsp3) is 0.421. The van der Waals surface area contributed by atoms with Crippen LogP contribution in [-0.4, -0.2) is 60.0 Å². The van der Waals surface area contributed by atoms with Crippen LogP contribution in [0.3, 0.4) is 0 Å². The molecular formula is C19H24Cl2N4O. The third-order valence-electron chi connectivity index (χ3n) is 4.94. The Balaban J connectivity index is 1.72. The largest absolute Gasteiger partial charge is 0.353 e. The van der Waals surface area contributed by atoms with E-state index in [0.29, 0.717) is 22.2 Å². The van der Waals surface area contributed by atoms with E-state index >= 15 is 0 Å². The topological polar surface area (TPSA) is 40.5 Å². The molecule has 0 spiro atoms. The molecule has 1 fully saturated rings. The van der Waals surface area contributed by atoms with Gasteiger partial charge in [0.2, 0.25) is 0 Å². The van der Waals surface area contributed by atoms with Crippen molar-refractivity contribution in [3.05, 3.63) is 57.8 Å². The summed E-state index contributed by atoms with van der Waals surface area (Å²) in [5.41, 5.74) is 1.72. The lowest BCUT2D eigenvalue weighted by Gasteiger charge is -2.38. The molecule has 0 unspecified atom stereocenters. The van der Waals surface area contributed by atoms with Crippen molar-refractivity contribution in [2.45, 2.75) is 6.04 Å². The maximum atomic E-state index is 12.6. The van der Waals surface area contributed by atoms with Crippen LogP contribution in [0.15, 0.2) is 36.5 Å². The van der Waals surface area contributed by atoms with Crippen molar-refractivity contribution in [1.82, 2.24) is 19.7 Å². The number of nitrogens with zero attached hydrogens (tertiary/aromatic N) is 3. The van der Waals surface area contributed by atoms with Crippen LogP contribution >= 0.6 is 23.2 Å². The smallest absolute Gasteiger partial charge is 0.251 e. The van der Waals surface area contributed by atoms with E-state index in [1.165, 1.54) is 5.69 Å². The first kappa shape index (κ1) is 19.2. The highest BCUT2D eigenvalue weighted by molar-refractivity contribution is 6.42. The molecule has 3 rings (SSSR count). The van der Waals surface area contributed by atoms with E-state index in [2.05, 4.69) is 32.8 Å². The fourth-order valence-electron chi connectivity index (χ4n) is 3.30. The summed E-state index contributed by atoms with van der Waals surface area (Å²) in [4.78, 5) is 17.3. The van der Waals surface area contributed by atoms with Gasteiger partial charge in [-0.1, -0.05) is 23.2 Å². The van der Waals surface area contributed by atoms with Crippen LogP contribution in [0.25, 0.3) is 0 Å². The Bertz CT molecular complexity index is 769. The van der Waals surface area contributed by atoms with Gasteiger partial charge in [-0.05, 0) is 37.4 Å². The van der Waals surface area contributed by atoms with Crippen LogP contribution in [0.4, 0.5) is 0 Å². The molecule has 7 heteroatoms. The molecule has 1 atom stereocenters. The minimum absolute atomic E-state index is 0.135. The fourth-order valence-corrected chi connectivity index (χ4v) is 3.60. The molecule has 1 aromatic heterocycles. The quantitative estimate of drug-likeness (QED) is 0.846. The second-order valence-corrected chi connectivity index (χ2v) is 7.55. The van der Waals surface area contributed by atoms with Gasteiger partial charge in [0.25, 0.3) is 5.91 Å². The van der Waals surface area contributed by atoms with E-state index in [-0.39, 0.29) is 11.9 Å². The number of aryl methyl sites for hydroxylation is 1. The molecule has 26 heavy (non-hydrogen) atoms. The molecule has 0 saturated carbocycles. The van der Waals surface area contributed by atoms with Crippen LogP contribution in [0.1, 0.15) is 22.1 Å². The molecule has 140 valence electrons. The molecule has 0 aliphatic carbocycles. The molecule has 0 bridgehead atoms. The first-order valence-electron chi connectivity index (χ1n) is 8.73. The monoisotopic (exact) mass is 394 g/mol. The van der Waals surface area contributed by atoms with Gasteiger partial charge in [-0.3, -0.25) is 9.69 Å². The number of hydrogen-bond acceptors (Lipinski definition) is 3. The predicted octanol–water partition coefficient (Wildman–Crippen LogP) is 3.05. The van der Waals surface area contributed by atoms with Gasteiger partial charge in [0.05, 0.1) is 16.1 Å². The molecule has 1 saturated heterocycles. The summed E-state index contributed by atoms with van der Waals surface area (Å²) < 4.78 is 2.12. The number of carbonyl (C=O) groups is 1. The summed E-state index contributed by atoms with van der Waals surface area (Å²) in [6.07, 6.45) is 2.04. The highest BCUT2D eigenvalue weighted by Gasteiger charge is 2.26. The predicted molar refractivity (Wildman–Crippen MR) is 106 cm³/mol. The Labute approximate surface area is 164 Å². The number of piperazine rings is 1. The Morgan fingerprint density at radius 1 is 1.12 bits per heavy atom. The highest BCUT2D eigenvalue weighted by Crippen LogP contribution is 2.24. The van der Waals surface area contributed by atoms with Gasteiger partial charge in [-0.25, -0.2) is 0 Å². The molecule has 1 aliphatic heterocycles. The van der Waals surface area contributed by atoms with Crippen molar-refractivity contribution in [3.8, 4) is 0 Å². The van der Waals surface area contributed by atoms with Gasteiger partial charge in [-0.15, -0.1) is 0 Å². The molecule has 5 nitrogen and oxygen atoms in total. The third kappa shape index (κ3) is 4.41. The van der Waals surface area contributed by atoms with Crippen LogP contribution in [0.2, 0.25) is 10.0 Å². The molecule has 0 radical (unpaired) electrons. The zero-order chi connectivity index (χ0) is 18.7. The lowest BCUT2D eigenvalue weighted by molar-refractivity contribution is 0.0877. The normalized spacial score (nSPS) is 17.2. The number of aromatic nitrogens is 1. The lowest BCUT2D eigenvalue weighted by Crippen LogP contribution is -2.48. The minimum Gasteiger partial charge on any atom is -0.353 e. The number of amides is 1. The van der Waals surface area contributed by atoms with Crippen molar-refractivity contribution in [1.29, 1.82) is 0 Å². The molecular weight excluding hydrogens is 371 g/mol. The number of rotatable bonds is 5. The summed E-state index contributed by atoms with van der Waals surface area (Å²) in [6.45, 7) is 4.56. The van der Waals surface area contributed by atoms with Gasteiger partial charge in [0, 0.05) is 57.2 Å². The van der Waals surface area contributed by atoms with Crippen molar-refractivity contribution in [3.63, 3.8) is 0 Å². The summed E-state index contributed by atoms with van der Waals surface area (Å²) >= 11 is 12.0. The molecule has 1 aromatic carbocycles. The maximum Gasteiger partial charge on any atom is 0.251 e. The second kappa shape index (κ2) is 8.44. The number of benzene rings is 1. The Morgan fingerprint density at radius 3 is 2.46 bits per heavy atom. The zero-order valence-electron chi connectivity index (χ0n) is 15.1. The number of carbonyl (C=O) groups excluding carboxylic acids is 1. The molecule has 1 aliphatic rings. The van der Waals surface area contributed by atoms with Crippen LogP contribution in [0, 0.1) is 0 Å². The van der Waals surface area contributed by atoms with Gasteiger partial charge in [0.15, 0.2) is 0 Å². The average Bonchev–Trinajstić information content (AvgIpc) is 3.04. The minimum atomic E-state index is -0.142. The molecule has 2 aromatic rings. The van der Waals surface area contributed by atoms with Crippen molar-refractivity contribution in [2.75, 3.05) is 39.8 Å². The molecule has 1 amide bonds. The van der Waals surface area contributed by atoms with E-state index in [1.54, 1.807) is 18.2 Å². The van der Waals surface area contributed by atoms with Gasteiger partial charge in [-0.2, -0.15) is 0 Å². The first-order chi connectivity index (χ1) is 12.5. The summed E-state index contributed by atoms with van der Waals surface area (Å²) in [5, 5.41) is 3.89. The van der Waals surface area contributed by atoms with Crippen molar-refractivity contribution < 1.29 is 4.79 Å². The van der Waals surface area contributed by atoms with E-state index in [9.17, 15) is 4.79 Å².